The highest BCUT2D eigenvalue weighted by Crippen LogP contribution is 2.03. The summed E-state index contributed by atoms with van der Waals surface area (Å²) < 4.78 is 4.90. The molecule has 0 aliphatic carbocycles. The molecule has 0 spiro atoms. The third-order valence-corrected chi connectivity index (χ3v) is 2.40. The SMILES string of the molecule is CCC(C(=O)NCCc1nc(C)no1)C(N)=NO. The molecule has 1 rings (SSSR count). The molecule has 0 fully saturated rings. The van der Waals surface area contributed by atoms with Crippen molar-refractivity contribution in [1.82, 2.24) is 15.5 Å². The van der Waals surface area contributed by atoms with Gasteiger partial charge in [-0.05, 0) is 13.3 Å². The number of amidine groups is 1. The van der Waals surface area contributed by atoms with Crippen LogP contribution in [0.25, 0.3) is 0 Å². The van der Waals surface area contributed by atoms with E-state index in [0.717, 1.165) is 0 Å². The Kier molecular flexibility index (Phi) is 5.09. The predicted octanol–water partition coefficient (Wildman–Crippen LogP) is -0.191. The van der Waals surface area contributed by atoms with E-state index < -0.39 is 5.92 Å². The van der Waals surface area contributed by atoms with Gasteiger partial charge in [-0.25, -0.2) is 0 Å². The van der Waals surface area contributed by atoms with Crippen molar-refractivity contribution in [1.29, 1.82) is 0 Å². The van der Waals surface area contributed by atoms with Gasteiger partial charge in [0, 0.05) is 13.0 Å². The van der Waals surface area contributed by atoms with Gasteiger partial charge in [0.2, 0.25) is 11.8 Å². The molecule has 18 heavy (non-hydrogen) atoms. The number of amides is 1. The molecule has 1 amide bonds. The van der Waals surface area contributed by atoms with Gasteiger partial charge in [0.25, 0.3) is 0 Å². The minimum absolute atomic E-state index is 0.0939. The van der Waals surface area contributed by atoms with E-state index >= 15 is 0 Å². The monoisotopic (exact) mass is 255 g/mol. The van der Waals surface area contributed by atoms with Crippen LogP contribution >= 0.6 is 0 Å². The van der Waals surface area contributed by atoms with Crippen molar-refractivity contribution in [3.05, 3.63) is 11.7 Å². The van der Waals surface area contributed by atoms with Gasteiger partial charge in [-0.2, -0.15) is 4.98 Å². The van der Waals surface area contributed by atoms with E-state index in [1.807, 2.05) is 0 Å². The number of hydrogen-bond acceptors (Lipinski definition) is 6. The first-order valence-corrected chi connectivity index (χ1v) is 5.62. The highest BCUT2D eigenvalue weighted by molar-refractivity contribution is 6.01. The molecule has 4 N–H and O–H groups in total. The van der Waals surface area contributed by atoms with Gasteiger partial charge in [-0.3, -0.25) is 4.79 Å². The molecule has 0 aliphatic rings. The summed E-state index contributed by atoms with van der Waals surface area (Å²) in [5.41, 5.74) is 5.41. The lowest BCUT2D eigenvalue weighted by atomic mass is 10.0. The first kappa shape index (κ1) is 13.9. The van der Waals surface area contributed by atoms with Crippen LogP contribution in [0.3, 0.4) is 0 Å². The third kappa shape index (κ3) is 3.72. The molecule has 0 saturated heterocycles. The molecule has 100 valence electrons. The summed E-state index contributed by atoms with van der Waals surface area (Å²) in [6, 6.07) is 0. The molecule has 0 saturated carbocycles. The highest BCUT2D eigenvalue weighted by atomic mass is 16.5. The quantitative estimate of drug-likeness (QED) is 0.280. The zero-order valence-corrected chi connectivity index (χ0v) is 10.4. The summed E-state index contributed by atoms with van der Waals surface area (Å²) in [6.07, 6.45) is 0.903. The predicted molar refractivity (Wildman–Crippen MR) is 62.9 cm³/mol. The Morgan fingerprint density at radius 3 is 2.89 bits per heavy atom. The average molecular weight is 255 g/mol. The van der Waals surface area contributed by atoms with Crippen molar-refractivity contribution in [2.24, 2.45) is 16.8 Å². The highest BCUT2D eigenvalue weighted by Gasteiger charge is 2.20. The Labute approximate surface area is 104 Å². The molecule has 1 heterocycles. The second kappa shape index (κ2) is 6.58. The molecular weight excluding hydrogens is 238 g/mol. The fraction of sp³-hybridized carbons (Fsp3) is 0.600. The second-order valence-corrected chi connectivity index (χ2v) is 3.76. The zero-order valence-electron chi connectivity index (χ0n) is 10.4. The maximum absolute atomic E-state index is 11.7. The molecule has 0 bridgehead atoms. The van der Waals surface area contributed by atoms with Gasteiger partial charge in [-0.15, -0.1) is 0 Å². The van der Waals surface area contributed by atoms with Crippen molar-refractivity contribution >= 4 is 11.7 Å². The fourth-order valence-electron chi connectivity index (χ4n) is 1.46. The van der Waals surface area contributed by atoms with Crippen molar-refractivity contribution in [2.75, 3.05) is 6.54 Å². The molecule has 1 aromatic rings. The number of rotatable bonds is 6. The largest absolute Gasteiger partial charge is 0.409 e. The molecule has 8 nitrogen and oxygen atoms in total. The Hall–Kier alpha value is -2.12. The van der Waals surface area contributed by atoms with Crippen LogP contribution in [0, 0.1) is 12.8 Å². The minimum Gasteiger partial charge on any atom is -0.409 e. The molecule has 1 atom stereocenters. The minimum atomic E-state index is -0.626. The normalized spacial score (nSPS) is 13.3. The van der Waals surface area contributed by atoms with Crippen LogP contribution in [0.2, 0.25) is 0 Å². The summed E-state index contributed by atoms with van der Waals surface area (Å²) >= 11 is 0. The number of nitrogens with one attached hydrogen (secondary N) is 1. The lowest BCUT2D eigenvalue weighted by Gasteiger charge is -2.12. The van der Waals surface area contributed by atoms with Crippen LogP contribution in [-0.2, 0) is 11.2 Å². The van der Waals surface area contributed by atoms with Crippen molar-refractivity contribution in [3.63, 3.8) is 0 Å². The lowest BCUT2D eigenvalue weighted by molar-refractivity contribution is -0.123. The number of nitrogens with zero attached hydrogens (tertiary/aromatic N) is 3. The van der Waals surface area contributed by atoms with Crippen LogP contribution in [0.5, 0.6) is 0 Å². The number of aromatic nitrogens is 2. The van der Waals surface area contributed by atoms with Gasteiger partial charge in [-0.1, -0.05) is 17.2 Å². The van der Waals surface area contributed by atoms with E-state index in [-0.39, 0.29) is 11.7 Å². The van der Waals surface area contributed by atoms with Crippen molar-refractivity contribution in [2.45, 2.75) is 26.7 Å². The first-order valence-electron chi connectivity index (χ1n) is 5.62. The maximum atomic E-state index is 11.7. The van der Waals surface area contributed by atoms with Crippen LogP contribution in [0.4, 0.5) is 0 Å². The topological polar surface area (TPSA) is 127 Å². The first-order chi connectivity index (χ1) is 8.58. The smallest absolute Gasteiger partial charge is 0.230 e. The van der Waals surface area contributed by atoms with E-state index in [9.17, 15) is 4.79 Å². The van der Waals surface area contributed by atoms with Gasteiger partial charge in [0.1, 0.15) is 0 Å². The van der Waals surface area contributed by atoms with E-state index in [1.165, 1.54) is 0 Å². The molecule has 0 radical (unpaired) electrons. The van der Waals surface area contributed by atoms with Gasteiger partial charge < -0.3 is 20.8 Å². The molecule has 8 heteroatoms. The second-order valence-electron chi connectivity index (χ2n) is 3.76. The standard InChI is InChI=1S/C10H17N5O3/c1-3-7(9(11)14-17)10(16)12-5-4-8-13-6(2)15-18-8/h7,17H,3-5H2,1-2H3,(H2,11,14)(H,12,16). The number of nitrogens with two attached hydrogens (primary N) is 1. The van der Waals surface area contributed by atoms with Gasteiger partial charge in [0.15, 0.2) is 11.7 Å². The number of oxime groups is 1. The summed E-state index contributed by atoms with van der Waals surface area (Å²) in [7, 11) is 0. The zero-order chi connectivity index (χ0) is 13.5. The van der Waals surface area contributed by atoms with Crippen LogP contribution < -0.4 is 11.1 Å². The molecule has 0 aliphatic heterocycles. The van der Waals surface area contributed by atoms with Crippen molar-refractivity contribution < 1.29 is 14.5 Å². The summed E-state index contributed by atoms with van der Waals surface area (Å²) in [5, 5.41) is 17.7. The lowest BCUT2D eigenvalue weighted by Crippen LogP contribution is -2.39. The maximum Gasteiger partial charge on any atom is 0.230 e. The van der Waals surface area contributed by atoms with Crippen molar-refractivity contribution in [3.8, 4) is 0 Å². The number of aryl methyl sites for hydroxylation is 1. The van der Waals surface area contributed by atoms with Crippen LogP contribution in [0.1, 0.15) is 25.1 Å². The Bertz CT molecular complexity index is 429. The molecule has 1 aromatic heterocycles. The van der Waals surface area contributed by atoms with Crippen LogP contribution in [-0.4, -0.2) is 33.6 Å². The summed E-state index contributed by atoms with van der Waals surface area (Å²) in [5.74, 6) is 0.0103. The molecule has 1 unspecified atom stereocenters. The van der Waals surface area contributed by atoms with E-state index in [0.29, 0.717) is 31.1 Å². The van der Waals surface area contributed by atoms with E-state index in [1.54, 1.807) is 13.8 Å². The van der Waals surface area contributed by atoms with E-state index in [2.05, 4.69) is 20.6 Å². The van der Waals surface area contributed by atoms with Crippen LogP contribution in [0.15, 0.2) is 9.68 Å². The van der Waals surface area contributed by atoms with Gasteiger partial charge >= 0.3 is 0 Å². The fourth-order valence-corrected chi connectivity index (χ4v) is 1.46. The Balaban J connectivity index is 2.40. The van der Waals surface area contributed by atoms with Gasteiger partial charge in [0.05, 0.1) is 5.92 Å². The third-order valence-electron chi connectivity index (χ3n) is 2.40. The van der Waals surface area contributed by atoms with E-state index in [4.69, 9.17) is 15.5 Å². The molecular formula is C10H17N5O3. The summed E-state index contributed by atoms with van der Waals surface area (Å²) in [6.45, 7) is 3.86. The Morgan fingerprint density at radius 2 is 2.39 bits per heavy atom. The average Bonchev–Trinajstić information content (AvgIpc) is 2.75. The summed E-state index contributed by atoms with van der Waals surface area (Å²) in [4.78, 5) is 15.7. The number of hydrogen-bond donors (Lipinski definition) is 3. The Morgan fingerprint density at radius 1 is 1.67 bits per heavy atom. The molecule has 0 aromatic carbocycles. The number of carbonyl (C=O) groups is 1. The number of carbonyl (C=O) groups excluding carboxylic acids is 1.